The van der Waals surface area contributed by atoms with E-state index in [0.29, 0.717) is 0 Å². The molecule has 1 atom stereocenters. The summed E-state index contributed by atoms with van der Waals surface area (Å²) in [5, 5.41) is 12.5. The fourth-order valence-electron chi connectivity index (χ4n) is 1.08. The molecule has 1 rings (SSSR count). The first kappa shape index (κ1) is 14.7. The van der Waals surface area contributed by atoms with Crippen LogP contribution in [0.15, 0.2) is 17.5 Å². The predicted octanol–water partition coefficient (Wildman–Crippen LogP) is 2.11. The largest absolute Gasteiger partial charge is 0.416 e. The van der Waals surface area contributed by atoms with E-state index in [1.807, 2.05) is 23.7 Å². The van der Waals surface area contributed by atoms with Crippen molar-refractivity contribution < 1.29 is 23.1 Å². The zero-order chi connectivity index (χ0) is 13.8. The van der Waals surface area contributed by atoms with Crippen LogP contribution in [-0.2, 0) is 4.79 Å². The van der Waals surface area contributed by atoms with Gasteiger partial charge in [-0.15, -0.1) is 11.3 Å². The van der Waals surface area contributed by atoms with Crippen LogP contribution in [0.4, 0.5) is 13.2 Å². The fraction of sp³-hybridized carbons (Fsp3) is 0.364. The van der Waals surface area contributed by atoms with Crippen LogP contribution in [0, 0.1) is 6.92 Å². The Balaban J connectivity index is 2.44. The van der Waals surface area contributed by atoms with Gasteiger partial charge < -0.3 is 10.4 Å². The van der Waals surface area contributed by atoms with Gasteiger partial charge in [0.05, 0.1) is 6.54 Å². The molecule has 0 aliphatic carbocycles. The van der Waals surface area contributed by atoms with Gasteiger partial charge in [0.1, 0.15) is 0 Å². The molecule has 0 bridgehead atoms. The smallest absolute Gasteiger partial charge is 0.382 e. The molecule has 0 saturated heterocycles. The molecule has 3 nitrogen and oxygen atoms in total. The van der Waals surface area contributed by atoms with E-state index in [1.165, 1.54) is 17.4 Å². The Kier molecular flexibility index (Phi) is 4.92. The molecule has 1 unspecified atom stereocenters. The van der Waals surface area contributed by atoms with Gasteiger partial charge in [-0.05, 0) is 30.0 Å². The number of rotatable bonds is 4. The quantitative estimate of drug-likeness (QED) is 0.829. The minimum absolute atomic E-state index is 0.675. The molecule has 0 aliphatic rings. The minimum Gasteiger partial charge on any atom is -0.382 e. The Bertz CT molecular complexity index is 440. The van der Waals surface area contributed by atoms with Crippen molar-refractivity contribution in [3.05, 3.63) is 28.0 Å². The van der Waals surface area contributed by atoms with E-state index in [9.17, 15) is 18.0 Å². The Hall–Kier alpha value is -1.34. The third-order valence-corrected chi connectivity index (χ3v) is 3.12. The van der Waals surface area contributed by atoms with Crippen molar-refractivity contribution in [2.45, 2.75) is 19.2 Å². The number of aliphatic hydroxyl groups excluding tert-OH is 1. The summed E-state index contributed by atoms with van der Waals surface area (Å²) in [6.45, 7) is 1.01. The monoisotopic (exact) mass is 279 g/mol. The van der Waals surface area contributed by atoms with Crippen LogP contribution in [0.5, 0.6) is 0 Å². The molecular weight excluding hydrogens is 267 g/mol. The highest BCUT2D eigenvalue weighted by atomic mass is 32.1. The number of nitrogens with one attached hydrogen (secondary N) is 1. The third-order valence-electron chi connectivity index (χ3n) is 2.14. The third kappa shape index (κ3) is 4.50. The summed E-state index contributed by atoms with van der Waals surface area (Å²) in [4.78, 5) is 12.1. The summed E-state index contributed by atoms with van der Waals surface area (Å²) in [5.74, 6) is -0.675. The van der Waals surface area contributed by atoms with Crippen molar-refractivity contribution >= 4 is 23.3 Å². The number of carbonyl (C=O) groups is 1. The maximum Gasteiger partial charge on any atom is 0.416 e. The van der Waals surface area contributed by atoms with Gasteiger partial charge in [-0.1, -0.05) is 0 Å². The van der Waals surface area contributed by atoms with Gasteiger partial charge in [0.15, 0.2) is 6.10 Å². The Morgan fingerprint density at radius 1 is 1.61 bits per heavy atom. The summed E-state index contributed by atoms with van der Waals surface area (Å²) in [6.07, 6.45) is -4.60. The summed E-state index contributed by atoms with van der Waals surface area (Å²) in [7, 11) is 0. The first-order valence-corrected chi connectivity index (χ1v) is 5.93. The molecule has 1 aromatic rings. The number of thiophene rings is 1. The van der Waals surface area contributed by atoms with Crippen LogP contribution in [0.3, 0.4) is 0 Å². The Morgan fingerprint density at radius 2 is 2.28 bits per heavy atom. The van der Waals surface area contributed by atoms with Crippen molar-refractivity contribution in [1.82, 2.24) is 5.32 Å². The molecule has 1 aromatic heterocycles. The topological polar surface area (TPSA) is 49.3 Å². The molecule has 0 spiro atoms. The molecular formula is C11H12F3NO2S. The number of aliphatic hydroxyl groups is 1. The number of aryl methyl sites for hydroxylation is 1. The lowest BCUT2D eigenvalue weighted by molar-refractivity contribution is -0.201. The first-order valence-electron chi connectivity index (χ1n) is 5.05. The van der Waals surface area contributed by atoms with Gasteiger partial charge in [0.25, 0.3) is 0 Å². The molecule has 2 N–H and O–H groups in total. The number of halogens is 3. The molecule has 18 heavy (non-hydrogen) atoms. The van der Waals surface area contributed by atoms with Gasteiger partial charge in [0.2, 0.25) is 5.91 Å². The molecule has 0 aromatic carbocycles. The highest BCUT2D eigenvalue weighted by Crippen LogP contribution is 2.19. The maximum atomic E-state index is 11.9. The maximum absolute atomic E-state index is 11.9. The SMILES string of the molecule is Cc1ccsc1/C=C/C(=O)NCC(O)C(F)(F)F. The number of amides is 1. The van der Waals surface area contributed by atoms with Crippen LogP contribution in [0.2, 0.25) is 0 Å². The van der Waals surface area contributed by atoms with Crippen molar-refractivity contribution in [3.63, 3.8) is 0 Å². The second-order valence-corrected chi connectivity index (χ2v) is 4.55. The van der Waals surface area contributed by atoms with E-state index in [-0.39, 0.29) is 0 Å². The standard InChI is InChI=1S/C11H12F3NO2S/c1-7-4-5-18-8(7)2-3-10(17)15-6-9(16)11(12,13)14/h2-5,9,16H,6H2,1H3,(H,15,17)/b3-2+. The van der Waals surface area contributed by atoms with Gasteiger partial charge in [0, 0.05) is 11.0 Å². The number of hydrogen-bond acceptors (Lipinski definition) is 3. The summed E-state index contributed by atoms with van der Waals surface area (Å²) in [6, 6.07) is 1.87. The molecule has 0 radical (unpaired) electrons. The Labute approximate surface area is 106 Å². The van der Waals surface area contributed by atoms with Crippen molar-refractivity contribution in [2.75, 3.05) is 6.54 Å². The molecule has 7 heteroatoms. The number of alkyl halides is 3. The van der Waals surface area contributed by atoms with Gasteiger partial charge in [-0.25, -0.2) is 0 Å². The van der Waals surface area contributed by atoms with Crippen molar-refractivity contribution in [2.24, 2.45) is 0 Å². The summed E-state index contributed by atoms with van der Waals surface area (Å²) in [5.41, 5.74) is 0.986. The lowest BCUT2D eigenvalue weighted by Gasteiger charge is -2.14. The van der Waals surface area contributed by atoms with E-state index < -0.39 is 24.7 Å². The van der Waals surface area contributed by atoms with Crippen LogP contribution in [-0.4, -0.2) is 29.8 Å². The summed E-state index contributed by atoms with van der Waals surface area (Å²) >= 11 is 1.42. The van der Waals surface area contributed by atoms with Crippen molar-refractivity contribution in [1.29, 1.82) is 0 Å². The lowest BCUT2D eigenvalue weighted by atomic mass is 10.2. The van der Waals surface area contributed by atoms with E-state index >= 15 is 0 Å². The number of hydrogen-bond donors (Lipinski definition) is 2. The molecule has 1 amide bonds. The highest BCUT2D eigenvalue weighted by Gasteiger charge is 2.37. The van der Waals surface area contributed by atoms with Crippen LogP contribution in [0.25, 0.3) is 6.08 Å². The zero-order valence-electron chi connectivity index (χ0n) is 9.49. The Morgan fingerprint density at radius 3 is 2.78 bits per heavy atom. The molecule has 0 saturated carbocycles. The van der Waals surface area contributed by atoms with Gasteiger partial charge >= 0.3 is 6.18 Å². The van der Waals surface area contributed by atoms with E-state index in [0.717, 1.165) is 16.5 Å². The molecule has 100 valence electrons. The summed E-state index contributed by atoms with van der Waals surface area (Å²) < 4.78 is 35.8. The second kappa shape index (κ2) is 6.01. The van der Waals surface area contributed by atoms with E-state index in [4.69, 9.17) is 5.11 Å². The number of carbonyl (C=O) groups excluding carboxylic acids is 1. The van der Waals surface area contributed by atoms with Gasteiger partial charge in [-0.2, -0.15) is 13.2 Å². The molecule has 0 fully saturated rings. The predicted molar refractivity (Wildman–Crippen MR) is 63.2 cm³/mol. The minimum atomic E-state index is -4.72. The van der Waals surface area contributed by atoms with Crippen LogP contribution >= 0.6 is 11.3 Å². The lowest BCUT2D eigenvalue weighted by Crippen LogP contribution is -2.40. The van der Waals surface area contributed by atoms with Crippen LogP contribution < -0.4 is 5.32 Å². The average molecular weight is 279 g/mol. The van der Waals surface area contributed by atoms with Crippen molar-refractivity contribution in [3.8, 4) is 0 Å². The average Bonchev–Trinajstić information content (AvgIpc) is 2.67. The van der Waals surface area contributed by atoms with E-state index in [1.54, 1.807) is 0 Å². The second-order valence-electron chi connectivity index (χ2n) is 3.60. The fourth-order valence-corrected chi connectivity index (χ4v) is 1.90. The molecule has 0 aliphatic heterocycles. The van der Waals surface area contributed by atoms with E-state index in [2.05, 4.69) is 0 Å². The first-order chi connectivity index (χ1) is 8.30. The normalized spacial score (nSPS) is 13.8. The highest BCUT2D eigenvalue weighted by molar-refractivity contribution is 7.11. The van der Waals surface area contributed by atoms with Crippen LogP contribution in [0.1, 0.15) is 10.4 Å². The zero-order valence-corrected chi connectivity index (χ0v) is 10.3. The molecule has 1 heterocycles. The van der Waals surface area contributed by atoms with Gasteiger partial charge in [-0.3, -0.25) is 4.79 Å².